The Balaban J connectivity index is 2.30. The first-order valence-corrected chi connectivity index (χ1v) is 6.53. The van der Waals surface area contributed by atoms with E-state index in [4.69, 9.17) is 15.6 Å². The lowest BCUT2D eigenvalue weighted by molar-refractivity contribution is 0.0524. The minimum Gasteiger partial charge on any atom is -0.496 e. The summed E-state index contributed by atoms with van der Waals surface area (Å²) in [6, 6.07) is 5.38. The van der Waals surface area contributed by atoms with E-state index in [1.54, 1.807) is 23.1 Å². The van der Waals surface area contributed by atoms with Crippen LogP contribution in [0, 0.1) is 0 Å². The fraction of sp³-hybridized carbons (Fsp3) is 0.500. The summed E-state index contributed by atoms with van der Waals surface area (Å²) in [6.07, 6.45) is 3.10. The number of anilines is 1. The molecule has 0 atom stereocenters. The van der Waals surface area contributed by atoms with Crippen LogP contribution < -0.4 is 10.5 Å². The third kappa shape index (κ3) is 2.66. The molecule has 1 aliphatic carbocycles. The van der Waals surface area contributed by atoms with E-state index in [0.29, 0.717) is 23.5 Å². The van der Waals surface area contributed by atoms with Gasteiger partial charge in [0.25, 0.3) is 5.91 Å². The van der Waals surface area contributed by atoms with Gasteiger partial charge < -0.3 is 20.5 Å². The highest BCUT2D eigenvalue weighted by Crippen LogP contribution is 2.30. The second kappa shape index (κ2) is 5.93. The summed E-state index contributed by atoms with van der Waals surface area (Å²) >= 11 is 0. The van der Waals surface area contributed by atoms with Gasteiger partial charge in [0.15, 0.2) is 0 Å². The molecule has 0 heterocycles. The zero-order chi connectivity index (χ0) is 13.8. The van der Waals surface area contributed by atoms with Crippen molar-refractivity contribution in [3.05, 3.63) is 23.8 Å². The average Bonchev–Trinajstić information content (AvgIpc) is 2.35. The quantitative estimate of drug-likeness (QED) is 0.785. The molecule has 5 heteroatoms. The van der Waals surface area contributed by atoms with Gasteiger partial charge in [0.1, 0.15) is 11.3 Å². The molecule has 2 rings (SSSR count). The summed E-state index contributed by atoms with van der Waals surface area (Å²) < 4.78 is 5.22. The SMILES string of the molecule is COc1cccc(N)c1C(=O)N(CCO)C1CCC1. The summed E-state index contributed by atoms with van der Waals surface area (Å²) in [6.45, 7) is 0.290. The van der Waals surface area contributed by atoms with Gasteiger partial charge in [-0.2, -0.15) is 0 Å². The first-order valence-electron chi connectivity index (χ1n) is 6.53. The standard InChI is InChI=1S/C14H20N2O3/c1-19-12-7-3-6-11(15)13(12)14(18)16(8-9-17)10-4-2-5-10/h3,6-7,10,17H,2,4-5,8-9,15H2,1H3. The molecule has 0 unspecified atom stereocenters. The normalized spacial score (nSPS) is 14.8. The van der Waals surface area contributed by atoms with E-state index in [1.807, 2.05) is 0 Å². The second-order valence-electron chi connectivity index (χ2n) is 4.73. The van der Waals surface area contributed by atoms with E-state index in [0.717, 1.165) is 19.3 Å². The number of carbonyl (C=O) groups excluding carboxylic acids is 1. The lowest BCUT2D eigenvalue weighted by Crippen LogP contribution is -2.45. The summed E-state index contributed by atoms with van der Waals surface area (Å²) in [5, 5.41) is 9.14. The Morgan fingerprint density at radius 1 is 1.53 bits per heavy atom. The molecule has 0 radical (unpaired) electrons. The van der Waals surface area contributed by atoms with Gasteiger partial charge in [0.2, 0.25) is 0 Å². The van der Waals surface area contributed by atoms with Crippen molar-refractivity contribution < 1.29 is 14.6 Å². The number of ether oxygens (including phenoxy) is 1. The van der Waals surface area contributed by atoms with Crippen LogP contribution in [0.15, 0.2) is 18.2 Å². The smallest absolute Gasteiger partial charge is 0.260 e. The number of rotatable bonds is 5. The van der Waals surface area contributed by atoms with Crippen LogP contribution in [0.1, 0.15) is 29.6 Å². The molecule has 0 aliphatic heterocycles. The monoisotopic (exact) mass is 264 g/mol. The molecule has 0 bridgehead atoms. The van der Waals surface area contributed by atoms with Gasteiger partial charge in [-0.05, 0) is 31.4 Å². The van der Waals surface area contributed by atoms with Crippen molar-refractivity contribution in [1.82, 2.24) is 4.90 Å². The first kappa shape index (κ1) is 13.7. The van der Waals surface area contributed by atoms with Crippen molar-refractivity contribution >= 4 is 11.6 Å². The zero-order valence-corrected chi connectivity index (χ0v) is 11.1. The van der Waals surface area contributed by atoms with Gasteiger partial charge >= 0.3 is 0 Å². The topological polar surface area (TPSA) is 75.8 Å². The number of aliphatic hydroxyl groups excluding tert-OH is 1. The fourth-order valence-corrected chi connectivity index (χ4v) is 2.35. The molecule has 104 valence electrons. The Bertz CT molecular complexity index is 458. The van der Waals surface area contributed by atoms with Gasteiger partial charge in [-0.1, -0.05) is 6.07 Å². The Hall–Kier alpha value is -1.75. The Morgan fingerprint density at radius 2 is 2.26 bits per heavy atom. The van der Waals surface area contributed by atoms with Gasteiger partial charge in [0.05, 0.1) is 13.7 Å². The molecule has 1 saturated carbocycles. The number of hydrogen-bond acceptors (Lipinski definition) is 4. The highest BCUT2D eigenvalue weighted by atomic mass is 16.5. The van der Waals surface area contributed by atoms with Gasteiger partial charge in [-0.3, -0.25) is 4.79 Å². The molecule has 5 nitrogen and oxygen atoms in total. The maximum Gasteiger partial charge on any atom is 0.260 e. The largest absolute Gasteiger partial charge is 0.496 e. The van der Waals surface area contributed by atoms with Crippen LogP contribution in [-0.2, 0) is 0 Å². The van der Waals surface area contributed by atoms with Crippen molar-refractivity contribution in [1.29, 1.82) is 0 Å². The molecule has 1 aromatic carbocycles. The summed E-state index contributed by atoms with van der Waals surface area (Å²) in [7, 11) is 1.52. The predicted molar refractivity (Wildman–Crippen MR) is 73.2 cm³/mol. The van der Waals surface area contributed by atoms with E-state index < -0.39 is 0 Å². The molecule has 1 amide bonds. The summed E-state index contributed by atoms with van der Waals surface area (Å²) in [5.41, 5.74) is 6.70. The Kier molecular flexibility index (Phi) is 4.27. The number of nitrogens with zero attached hydrogens (tertiary/aromatic N) is 1. The molecule has 1 fully saturated rings. The molecule has 0 aromatic heterocycles. The van der Waals surface area contributed by atoms with Crippen molar-refractivity contribution in [2.24, 2.45) is 0 Å². The van der Waals surface area contributed by atoms with E-state index >= 15 is 0 Å². The molecule has 1 aromatic rings. The van der Waals surface area contributed by atoms with E-state index in [1.165, 1.54) is 7.11 Å². The molecule has 19 heavy (non-hydrogen) atoms. The number of methoxy groups -OCH3 is 1. The van der Waals surface area contributed by atoms with Crippen LogP contribution in [0.5, 0.6) is 5.75 Å². The van der Waals surface area contributed by atoms with Crippen LogP contribution in [0.3, 0.4) is 0 Å². The number of hydrogen-bond donors (Lipinski definition) is 2. The van der Waals surface area contributed by atoms with Crippen molar-refractivity contribution in [3.63, 3.8) is 0 Å². The molecular formula is C14H20N2O3. The average molecular weight is 264 g/mol. The summed E-state index contributed by atoms with van der Waals surface area (Å²) in [4.78, 5) is 14.3. The number of benzene rings is 1. The molecular weight excluding hydrogens is 244 g/mol. The molecule has 1 aliphatic rings. The predicted octanol–water partition coefficient (Wildman–Crippen LogP) is 1.26. The maximum atomic E-state index is 12.6. The first-order chi connectivity index (χ1) is 9.19. The van der Waals surface area contributed by atoms with Crippen LogP contribution in [0.4, 0.5) is 5.69 Å². The lowest BCUT2D eigenvalue weighted by atomic mass is 9.90. The molecule has 0 saturated heterocycles. The maximum absolute atomic E-state index is 12.6. The van der Waals surface area contributed by atoms with Crippen molar-refractivity contribution in [2.75, 3.05) is 26.0 Å². The highest BCUT2D eigenvalue weighted by molar-refractivity contribution is 6.02. The van der Waals surface area contributed by atoms with Crippen LogP contribution >= 0.6 is 0 Å². The highest BCUT2D eigenvalue weighted by Gasteiger charge is 2.31. The second-order valence-corrected chi connectivity index (χ2v) is 4.73. The number of aliphatic hydroxyl groups is 1. The number of amides is 1. The lowest BCUT2D eigenvalue weighted by Gasteiger charge is -2.37. The fourth-order valence-electron chi connectivity index (χ4n) is 2.35. The van der Waals surface area contributed by atoms with Crippen molar-refractivity contribution in [3.8, 4) is 5.75 Å². The Morgan fingerprint density at radius 3 is 2.79 bits per heavy atom. The van der Waals surface area contributed by atoms with Crippen LogP contribution in [-0.4, -0.2) is 42.2 Å². The molecule has 0 spiro atoms. The summed E-state index contributed by atoms with van der Waals surface area (Å²) in [5.74, 6) is 0.320. The number of carbonyl (C=O) groups is 1. The van der Waals surface area contributed by atoms with Crippen molar-refractivity contribution in [2.45, 2.75) is 25.3 Å². The van der Waals surface area contributed by atoms with Crippen LogP contribution in [0.25, 0.3) is 0 Å². The third-order valence-electron chi connectivity index (χ3n) is 3.61. The van der Waals surface area contributed by atoms with E-state index in [9.17, 15) is 4.79 Å². The zero-order valence-electron chi connectivity index (χ0n) is 11.1. The molecule has 3 N–H and O–H groups in total. The van der Waals surface area contributed by atoms with E-state index in [-0.39, 0.29) is 18.6 Å². The third-order valence-corrected chi connectivity index (χ3v) is 3.61. The Labute approximate surface area is 113 Å². The van der Waals surface area contributed by atoms with Crippen LogP contribution in [0.2, 0.25) is 0 Å². The van der Waals surface area contributed by atoms with Gasteiger partial charge in [-0.15, -0.1) is 0 Å². The van der Waals surface area contributed by atoms with Gasteiger partial charge in [-0.25, -0.2) is 0 Å². The number of nitrogen functional groups attached to an aromatic ring is 1. The van der Waals surface area contributed by atoms with E-state index in [2.05, 4.69) is 0 Å². The minimum absolute atomic E-state index is 0.0444. The minimum atomic E-state index is -0.159. The van der Waals surface area contributed by atoms with Gasteiger partial charge in [0, 0.05) is 18.3 Å². The number of nitrogens with two attached hydrogens (primary N) is 1.